The number of carboxylic acid groups (broad SMARTS) is 2. The number of ether oxygens (including phenoxy) is 1. The maximum atomic E-state index is 10.9. The standard InChI is InChI=1S/C16H13ClO5/c17-12-4-3-11(8-16(20)21)14(9-12)22-13-5-1-10(2-6-13)7-15(18)19/h1-6,9H,7-8H2,(H,18,19)(H,20,21). The largest absolute Gasteiger partial charge is 0.481 e. The minimum absolute atomic E-state index is 0.0677. The Hall–Kier alpha value is -2.53. The molecule has 5 nitrogen and oxygen atoms in total. The average molecular weight is 321 g/mol. The number of hydrogen-bond donors (Lipinski definition) is 2. The van der Waals surface area contributed by atoms with E-state index in [1.807, 2.05) is 0 Å². The van der Waals surface area contributed by atoms with E-state index in [0.717, 1.165) is 0 Å². The summed E-state index contributed by atoms with van der Waals surface area (Å²) >= 11 is 5.91. The van der Waals surface area contributed by atoms with Crippen LogP contribution in [0.25, 0.3) is 0 Å². The molecule has 0 aliphatic carbocycles. The minimum atomic E-state index is -0.969. The molecule has 2 aromatic carbocycles. The number of benzene rings is 2. The molecule has 0 amide bonds. The van der Waals surface area contributed by atoms with Gasteiger partial charge in [-0.25, -0.2) is 0 Å². The van der Waals surface area contributed by atoms with Crippen LogP contribution in [0, 0.1) is 0 Å². The second kappa shape index (κ2) is 6.95. The molecule has 2 rings (SSSR count). The van der Waals surface area contributed by atoms with E-state index in [-0.39, 0.29) is 12.8 Å². The van der Waals surface area contributed by atoms with Gasteiger partial charge in [0.2, 0.25) is 0 Å². The van der Waals surface area contributed by atoms with Crippen LogP contribution >= 0.6 is 11.6 Å². The van der Waals surface area contributed by atoms with Crippen molar-refractivity contribution in [1.29, 1.82) is 0 Å². The van der Waals surface area contributed by atoms with E-state index in [1.165, 1.54) is 0 Å². The van der Waals surface area contributed by atoms with Gasteiger partial charge in [-0.2, -0.15) is 0 Å². The highest BCUT2D eigenvalue weighted by atomic mass is 35.5. The minimum Gasteiger partial charge on any atom is -0.481 e. The highest BCUT2D eigenvalue weighted by molar-refractivity contribution is 6.30. The fourth-order valence-electron chi connectivity index (χ4n) is 1.91. The van der Waals surface area contributed by atoms with Gasteiger partial charge in [-0.15, -0.1) is 0 Å². The molecule has 0 saturated heterocycles. The molecule has 0 atom stereocenters. The van der Waals surface area contributed by atoms with Gasteiger partial charge in [0.05, 0.1) is 12.8 Å². The predicted octanol–water partition coefficient (Wildman–Crippen LogP) is 3.39. The van der Waals surface area contributed by atoms with Crippen molar-refractivity contribution in [2.24, 2.45) is 0 Å². The quantitative estimate of drug-likeness (QED) is 0.852. The zero-order chi connectivity index (χ0) is 16.1. The van der Waals surface area contributed by atoms with Crippen LogP contribution in [0.15, 0.2) is 42.5 Å². The lowest BCUT2D eigenvalue weighted by atomic mass is 10.1. The van der Waals surface area contributed by atoms with Gasteiger partial charge >= 0.3 is 11.9 Å². The first-order valence-electron chi connectivity index (χ1n) is 6.43. The number of halogens is 1. The van der Waals surface area contributed by atoms with Crippen LogP contribution in [0.1, 0.15) is 11.1 Å². The lowest BCUT2D eigenvalue weighted by Gasteiger charge is -2.11. The smallest absolute Gasteiger partial charge is 0.307 e. The fourth-order valence-corrected chi connectivity index (χ4v) is 2.07. The molecule has 2 aromatic rings. The Morgan fingerprint density at radius 1 is 0.955 bits per heavy atom. The summed E-state index contributed by atoms with van der Waals surface area (Å²) < 4.78 is 5.66. The molecule has 0 aliphatic rings. The van der Waals surface area contributed by atoms with Crippen molar-refractivity contribution < 1.29 is 24.5 Å². The van der Waals surface area contributed by atoms with Crippen LogP contribution in [0.4, 0.5) is 0 Å². The summed E-state index contributed by atoms with van der Waals surface area (Å²) in [6, 6.07) is 11.3. The topological polar surface area (TPSA) is 83.8 Å². The summed E-state index contributed by atoms with van der Waals surface area (Å²) in [6.07, 6.45) is -0.245. The normalized spacial score (nSPS) is 10.2. The zero-order valence-electron chi connectivity index (χ0n) is 11.5. The monoisotopic (exact) mass is 320 g/mol. The van der Waals surface area contributed by atoms with E-state index in [2.05, 4.69) is 0 Å². The molecule has 0 spiro atoms. The molecule has 0 aromatic heterocycles. The van der Waals surface area contributed by atoms with E-state index in [0.29, 0.717) is 27.6 Å². The lowest BCUT2D eigenvalue weighted by Crippen LogP contribution is -2.02. The van der Waals surface area contributed by atoms with E-state index in [4.69, 9.17) is 26.6 Å². The zero-order valence-corrected chi connectivity index (χ0v) is 12.2. The van der Waals surface area contributed by atoms with E-state index in [1.54, 1.807) is 42.5 Å². The molecule has 0 fully saturated rings. The third-order valence-corrected chi connectivity index (χ3v) is 3.11. The number of carbonyl (C=O) groups is 2. The Morgan fingerprint density at radius 3 is 2.18 bits per heavy atom. The third-order valence-electron chi connectivity index (χ3n) is 2.88. The van der Waals surface area contributed by atoms with Crippen LogP contribution in [0.5, 0.6) is 11.5 Å². The Bertz CT molecular complexity index is 694. The lowest BCUT2D eigenvalue weighted by molar-refractivity contribution is -0.137. The summed E-state index contributed by atoms with van der Waals surface area (Å²) in [6.45, 7) is 0. The Morgan fingerprint density at radius 2 is 1.59 bits per heavy atom. The molecule has 6 heteroatoms. The van der Waals surface area contributed by atoms with Gasteiger partial charge in [0.15, 0.2) is 0 Å². The molecule has 2 N–H and O–H groups in total. The van der Waals surface area contributed by atoms with Crippen molar-refractivity contribution in [1.82, 2.24) is 0 Å². The summed E-state index contributed by atoms with van der Waals surface area (Å²) in [5, 5.41) is 18.1. The molecular weight excluding hydrogens is 308 g/mol. The highest BCUT2D eigenvalue weighted by Crippen LogP contribution is 2.29. The van der Waals surface area contributed by atoms with E-state index < -0.39 is 11.9 Å². The predicted molar refractivity (Wildman–Crippen MR) is 80.6 cm³/mol. The molecule has 22 heavy (non-hydrogen) atoms. The Labute approximate surface area is 131 Å². The molecule has 0 heterocycles. The number of rotatable bonds is 6. The van der Waals surface area contributed by atoms with Gasteiger partial charge in [-0.05, 0) is 29.8 Å². The van der Waals surface area contributed by atoms with Crippen LogP contribution < -0.4 is 4.74 Å². The van der Waals surface area contributed by atoms with Crippen LogP contribution in [0.2, 0.25) is 5.02 Å². The fraction of sp³-hybridized carbons (Fsp3) is 0.125. The maximum Gasteiger partial charge on any atom is 0.307 e. The van der Waals surface area contributed by atoms with Gasteiger partial charge in [0.1, 0.15) is 11.5 Å². The average Bonchev–Trinajstić information content (AvgIpc) is 2.43. The second-order valence-corrected chi connectivity index (χ2v) is 5.08. The summed E-state index contributed by atoms with van der Waals surface area (Å²) in [7, 11) is 0. The van der Waals surface area contributed by atoms with Gasteiger partial charge < -0.3 is 14.9 Å². The SMILES string of the molecule is O=C(O)Cc1ccc(Oc2cc(Cl)ccc2CC(=O)O)cc1. The Kier molecular flexibility index (Phi) is 5.01. The summed E-state index contributed by atoms with van der Waals surface area (Å²) in [5.41, 5.74) is 1.16. The van der Waals surface area contributed by atoms with Crippen molar-refractivity contribution in [3.8, 4) is 11.5 Å². The number of aliphatic carboxylic acids is 2. The molecule has 0 unspecified atom stereocenters. The van der Waals surface area contributed by atoms with Crippen molar-refractivity contribution >= 4 is 23.5 Å². The highest BCUT2D eigenvalue weighted by Gasteiger charge is 2.10. The molecular formula is C16H13ClO5. The van der Waals surface area contributed by atoms with Gasteiger partial charge in [-0.3, -0.25) is 9.59 Å². The van der Waals surface area contributed by atoms with Crippen molar-refractivity contribution in [2.75, 3.05) is 0 Å². The van der Waals surface area contributed by atoms with Gasteiger partial charge in [0.25, 0.3) is 0 Å². The van der Waals surface area contributed by atoms with Crippen molar-refractivity contribution in [3.05, 3.63) is 58.6 Å². The van der Waals surface area contributed by atoms with Crippen molar-refractivity contribution in [2.45, 2.75) is 12.8 Å². The summed E-state index contributed by atoms with van der Waals surface area (Å²) in [5.74, 6) is -1.04. The molecule has 0 bridgehead atoms. The van der Waals surface area contributed by atoms with Crippen LogP contribution in [-0.4, -0.2) is 22.2 Å². The first-order valence-corrected chi connectivity index (χ1v) is 6.80. The molecule has 0 aliphatic heterocycles. The molecule has 0 radical (unpaired) electrons. The third kappa shape index (κ3) is 4.49. The summed E-state index contributed by atoms with van der Waals surface area (Å²) in [4.78, 5) is 21.5. The van der Waals surface area contributed by atoms with E-state index >= 15 is 0 Å². The van der Waals surface area contributed by atoms with E-state index in [9.17, 15) is 9.59 Å². The van der Waals surface area contributed by atoms with Crippen LogP contribution in [0.3, 0.4) is 0 Å². The van der Waals surface area contributed by atoms with Crippen molar-refractivity contribution in [3.63, 3.8) is 0 Å². The van der Waals surface area contributed by atoms with Crippen LogP contribution in [-0.2, 0) is 22.4 Å². The van der Waals surface area contributed by atoms with Gasteiger partial charge in [0, 0.05) is 10.6 Å². The first-order chi connectivity index (χ1) is 10.4. The molecule has 0 saturated carbocycles. The van der Waals surface area contributed by atoms with Gasteiger partial charge in [-0.1, -0.05) is 29.8 Å². The molecule has 114 valence electrons. The maximum absolute atomic E-state index is 10.9. The Balaban J connectivity index is 2.20. The second-order valence-electron chi connectivity index (χ2n) is 4.64. The number of hydrogen-bond acceptors (Lipinski definition) is 3. The number of carboxylic acids is 2. The first kappa shape index (κ1) is 15.9.